The summed E-state index contributed by atoms with van der Waals surface area (Å²) in [5.41, 5.74) is 3.83. The lowest BCUT2D eigenvalue weighted by atomic mass is 9.91. The van der Waals surface area contributed by atoms with Gasteiger partial charge in [-0.05, 0) is 29.5 Å². The van der Waals surface area contributed by atoms with Gasteiger partial charge in [-0.1, -0.05) is 73.6 Å². The second kappa shape index (κ2) is 15.9. The van der Waals surface area contributed by atoms with E-state index in [2.05, 4.69) is 22.5 Å². The molecule has 4 unspecified atom stereocenters. The highest BCUT2D eigenvalue weighted by atomic mass is 32.2. The Morgan fingerprint density at radius 3 is 2.36 bits per heavy atom. The van der Waals surface area contributed by atoms with Crippen LogP contribution in [0.3, 0.4) is 0 Å². The first-order chi connectivity index (χ1) is 20.3. The molecule has 1 aromatic heterocycles. The van der Waals surface area contributed by atoms with Crippen LogP contribution < -0.4 is 10.6 Å². The molecule has 0 radical (unpaired) electrons. The maximum Gasteiger partial charge on any atom is 0.220 e. The zero-order valence-electron chi connectivity index (χ0n) is 24.6. The molecule has 0 aliphatic carbocycles. The number of carbonyl (C=O) groups is 2. The number of carbonyl (C=O) groups excluding carboxylic acids is 2. The van der Waals surface area contributed by atoms with Gasteiger partial charge in [-0.3, -0.25) is 9.59 Å². The van der Waals surface area contributed by atoms with Crippen LogP contribution in [0.5, 0.6) is 0 Å². The molecule has 4 rings (SSSR count). The molecular weight excluding hydrogens is 552 g/mol. The Bertz CT molecular complexity index is 1280. The third-order valence-electron chi connectivity index (χ3n) is 7.47. The SMILES string of the molecule is CC(=O)NCCCCCC(=O)NCc1ccc(C2OC(CSc3nccn3C)C(C)C(c3ccc(CO)cc3)O2)cc1. The smallest absolute Gasteiger partial charge is 0.220 e. The number of unbranched alkanes of at least 4 members (excludes halogenated alkanes) is 2. The van der Waals surface area contributed by atoms with Crippen LogP contribution in [0.2, 0.25) is 0 Å². The predicted octanol–water partition coefficient (Wildman–Crippen LogP) is 4.81. The number of rotatable bonds is 14. The molecule has 0 bridgehead atoms. The van der Waals surface area contributed by atoms with Gasteiger partial charge in [-0.2, -0.15) is 0 Å². The molecule has 42 heavy (non-hydrogen) atoms. The Morgan fingerprint density at radius 1 is 0.976 bits per heavy atom. The second-order valence-corrected chi connectivity index (χ2v) is 11.8. The van der Waals surface area contributed by atoms with E-state index in [-0.39, 0.29) is 36.5 Å². The number of thioether (sulfide) groups is 1. The van der Waals surface area contributed by atoms with Gasteiger partial charge in [0.05, 0.1) is 18.8 Å². The average Bonchev–Trinajstić information content (AvgIpc) is 3.41. The van der Waals surface area contributed by atoms with Crippen LogP contribution in [0.15, 0.2) is 66.1 Å². The maximum absolute atomic E-state index is 12.3. The number of aliphatic hydroxyl groups is 1. The molecule has 4 atom stereocenters. The van der Waals surface area contributed by atoms with Crippen molar-refractivity contribution in [2.24, 2.45) is 13.0 Å². The topological polar surface area (TPSA) is 115 Å². The van der Waals surface area contributed by atoms with Crippen molar-refractivity contribution >= 4 is 23.6 Å². The highest BCUT2D eigenvalue weighted by molar-refractivity contribution is 7.99. The highest BCUT2D eigenvalue weighted by Gasteiger charge is 2.38. The van der Waals surface area contributed by atoms with Crippen LogP contribution in [-0.4, -0.2) is 44.9 Å². The molecular formula is C32H42N4O5S. The summed E-state index contributed by atoms with van der Waals surface area (Å²) in [6, 6.07) is 15.9. The van der Waals surface area contributed by atoms with E-state index in [1.54, 1.807) is 18.0 Å². The number of ether oxygens (including phenoxy) is 2. The number of aryl methyl sites for hydroxylation is 1. The van der Waals surface area contributed by atoms with Crippen molar-refractivity contribution in [3.05, 3.63) is 83.2 Å². The van der Waals surface area contributed by atoms with Crippen molar-refractivity contribution in [3.63, 3.8) is 0 Å². The Kier molecular flexibility index (Phi) is 12.0. The number of nitrogens with zero attached hydrogens (tertiary/aromatic N) is 2. The minimum atomic E-state index is -0.545. The van der Waals surface area contributed by atoms with Crippen molar-refractivity contribution < 1.29 is 24.2 Å². The lowest BCUT2D eigenvalue weighted by Gasteiger charge is -2.41. The summed E-state index contributed by atoms with van der Waals surface area (Å²) in [7, 11) is 1.98. The van der Waals surface area contributed by atoms with Gasteiger partial charge in [-0.25, -0.2) is 4.98 Å². The van der Waals surface area contributed by atoms with E-state index in [0.717, 1.165) is 52.4 Å². The van der Waals surface area contributed by atoms with E-state index in [1.165, 1.54) is 6.92 Å². The van der Waals surface area contributed by atoms with E-state index >= 15 is 0 Å². The fourth-order valence-electron chi connectivity index (χ4n) is 4.89. The van der Waals surface area contributed by atoms with E-state index in [1.807, 2.05) is 66.3 Å². The maximum atomic E-state index is 12.3. The molecule has 0 saturated carbocycles. The number of hydrogen-bond donors (Lipinski definition) is 3. The summed E-state index contributed by atoms with van der Waals surface area (Å²) >= 11 is 1.67. The monoisotopic (exact) mass is 594 g/mol. The number of nitrogens with one attached hydrogen (secondary N) is 2. The summed E-state index contributed by atoms with van der Waals surface area (Å²) in [5.74, 6) is 0.820. The Hall–Kier alpha value is -3.18. The van der Waals surface area contributed by atoms with Crippen molar-refractivity contribution in [2.75, 3.05) is 12.3 Å². The number of benzene rings is 2. The summed E-state index contributed by atoms with van der Waals surface area (Å²) in [6.45, 7) is 4.77. The predicted molar refractivity (Wildman–Crippen MR) is 162 cm³/mol. The lowest BCUT2D eigenvalue weighted by molar-refractivity contribution is -0.268. The van der Waals surface area contributed by atoms with E-state index in [0.29, 0.717) is 19.5 Å². The Labute approximate surface area is 252 Å². The van der Waals surface area contributed by atoms with Crippen LogP contribution in [-0.2, 0) is 39.3 Å². The van der Waals surface area contributed by atoms with Crippen LogP contribution in [0, 0.1) is 5.92 Å². The zero-order chi connectivity index (χ0) is 29.9. The molecule has 2 aromatic carbocycles. The number of hydrogen-bond acceptors (Lipinski definition) is 7. The van der Waals surface area contributed by atoms with Crippen LogP contribution in [0.25, 0.3) is 0 Å². The third-order valence-corrected chi connectivity index (χ3v) is 8.62. The molecule has 0 spiro atoms. The Balaban J connectivity index is 1.36. The van der Waals surface area contributed by atoms with Gasteiger partial charge >= 0.3 is 0 Å². The number of aliphatic hydroxyl groups excluding tert-OH is 1. The van der Waals surface area contributed by atoms with Crippen molar-refractivity contribution in [1.29, 1.82) is 0 Å². The highest BCUT2D eigenvalue weighted by Crippen LogP contribution is 2.42. The van der Waals surface area contributed by atoms with Crippen molar-refractivity contribution in [1.82, 2.24) is 20.2 Å². The molecule has 3 aromatic rings. The molecule has 2 amide bonds. The molecule has 1 saturated heterocycles. The minimum absolute atomic E-state index is 0.00274. The fraction of sp³-hybridized carbons (Fsp3) is 0.469. The molecule has 9 nitrogen and oxygen atoms in total. The van der Waals surface area contributed by atoms with E-state index in [4.69, 9.17) is 9.47 Å². The van der Waals surface area contributed by atoms with Gasteiger partial charge in [0.15, 0.2) is 11.4 Å². The van der Waals surface area contributed by atoms with Gasteiger partial charge in [0.2, 0.25) is 11.8 Å². The normalized spacial score (nSPS) is 20.3. The van der Waals surface area contributed by atoms with E-state index in [9.17, 15) is 14.7 Å². The number of imidazole rings is 1. The quantitative estimate of drug-likeness (QED) is 0.181. The van der Waals surface area contributed by atoms with Gasteiger partial charge in [0.1, 0.15) is 0 Å². The van der Waals surface area contributed by atoms with Gasteiger partial charge in [0.25, 0.3) is 0 Å². The molecule has 10 heteroatoms. The molecule has 1 aliphatic rings. The second-order valence-electron chi connectivity index (χ2n) is 10.8. The largest absolute Gasteiger partial charge is 0.392 e. The van der Waals surface area contributed by atoms with Crippen molar-refractivity contribution in [2.45, 2.75) is 76.3 Å². The van der Waals surface area contributed by atoms with Crippen LogP contribution >= 0.6 is 11.8 Å². The number of amides is 2. The minimum Gasteiger partial charge on any atom is -0.392 e. The first-order valence-corrected chi connectivity index (χ1v) is 15.5. The first kappa shape index (κ1) is 31.7. The molecule has 3 N–H and O–H groups in total. The average molecular weight is 595 g/mol. The van der Waals surface area contributed by atoms with Crippen LogP contribution in [0.1, 0.15) is 74.2 Å². The molecule has 1 fully saturated rings. The summed E-state index contributed by atoms with van der Waals surface area (Å²) in [6.07, 6.45) is 5.96. The standard InChI is InChI=1S/C32H42N4O5S/c1-22-28(21-42-32-34-17-18-36(32)3)40-31(41-30(22)26-12-10-25(20-37)11-13-26)27-14-8-24(9-15-27)19-35-29(39)7-5-4-6-16-33-23(2)38/h8-15,17-18,22,28,30-31,37H,4-7,16,19-21H2,1-3H3,(H,33,38)(H,35,39). The molecule has 226 valence electrons. The van der Waals surface area contributed by atoms with Crippen molar-refractivity contribution in [3.8, 4) is 0 Å². The summed E-state index contributed by atoms with van der Waals surface area (Å²) < 4.78 is 15.1. The van der Waals surface area contributed by atoms with Gasteiger partial charge in [-0.15, -0.1) is 0 Å². The van der Waals surface area contributed by atoms with Gasteiger partial charge < -0.3 is 29.8 Å². The molecule has 2 heterocycles. The lowest BCUT2D eigenvalue weighted by Crippen LogP contribution is -2.38. The summed E-state index contributed by atoms with van der Waals surface area (Å²) in [5, 5.41) is 16.2. The van der Waals surface area contributed by atoms with E-state index < -0.39 is 6.29 Å². The zero-order valence-corrected chi connectivity index (χ0v) is 25.4. The Morgan fingerprint density at radius 2 is 1.69 bits per heavy atom. The third kappa shape index (κ3) is 9.16. The van der Waals surface area contributed by atoms with Crippen LogP contribution in [0.4, 0.5) is 0 Å². The number of aromatic nitrogens is 2. The molecule has 1 aliphatic heterocycles. The fourth-order valence-corrected chi connectivity index (χ4v) is 5.99. The summed E-state index contributed by atoms with van der Waals surface area (Å²) in [4.78, 5) is 27.6. The first-order valence-electron chi connectivity index (χ1n) is 14.5. The van der Waals surface area contributed by atoms with Gasteiger partial charge in [0, 0.05) is 63.1 Å².